The van der Waals surface area contributed by atoms with Crippen LogP contribution in [0.4, 0.5) is 23.3 Å². The van der Waals surface area contributed by atoms with Gasteiger partial charge in [-0.1, -0.05) is 24.3 Å². The number of ketones is 2. The Balaban J connectivity index is 0.000000224. The Kier molecular flexibility index (Phi) is 13.0. The summed E-state index contributed by atoms with van der Waals surface area (Å²) in [6.07, 6.45) is 22.1. The molecule has 2 aliphatic carbocycles. The summed E-state index contributed by atoms with van der Waals surface area (Å²) >= 11 is 0. The zero-order chi connectivity index (χ0) is 35.4. The summed E-state index contributed by atoms with van der Waals surface area (Å²) in [5, 5.41) is 5.93. The number of carbonyl (C=O) groups is 2. The number of rotatable bonds is 10. The minimum absolute atomic E-state index is 0. The molecule has 2 heterocycles. The van der Waals surface area contributed by atoms with Crippen molar-refractivity contribution in [1.82, 2.24) is 19.9 Å². The van der Waals surface area contributed by atoms with Crippen LogP contribution in [0.3, 0.4) is 0 Å². The number of hydrogen-bond acceptors (Lipinski definition) is 12. The molecule has 0 unspecified atom stereocenters. The Morgan fingerprint density at radius 1 is 0.490 bits per heavy atom. The molecule has 0 spiro atoms. The standard InChI is InChI=1S/2C17H14N4O3S.Co/c2*22-16-5-2-1-4-13(16)12-20-14-6-8-15(9-7-14)25(23,24)21-17-18-10-3-11-19-17;/h2*1-12,20H,(H,18,19,21);/b2*13-12-;. The summed E-state index contributed by atoms with van der Waals surface area (Å²) in [5.74, 6) is -0.183. The van der Waals surface area contributed by atoms with Crippen molar-refractivity contribution in [2.45, 2.75) is 9.79 Å². The van der Waals surface area contributed by atoms with Crippen molar-refractivity contribution >= 4 is 54.9 Å². The molecule has 2 aromatic heterocycles. The number of carbonyl (C=O) groups excluding carboxylic acids is 2. The first-order chi connectivity index (χ1) is 24.1. The van der Waals surface area contributed by atoms with Crippen molar-refractivity contribution in [1.29, 1.82) is 0 Å². The number of nitrogens with one attached hydrogen (secondary N) is 4. The fraction of sp³-hybridized carbons (Fsp3) is 0. The maximum atomic E-state index is 12.3. The van der Waals surface area contributed by atoms with E-state index in [1.54, 1.807) is 85.3 Å². The van der Waals surface area contributed by atoms with Crippen LogP contribution in [0.25, 0.3) is 0 Å². The van der Waals surface area contributed by atoms with E-state index < -0.39 is 20.0 Å². The van der Waals surface area contributed by atoms with Crippen LogP contribution in [0, 0.1) is 0 Å². The summed E-state index contributed by atoms with van der Waals surface area (Å²) in [6.45, 7) is 0. The predicted molar refractivity (Wildman–Crippen MR) is 189 cm³/mol. The van der Waals surface area contributed by atoms with Gasteiger partial charge in [0, 0.05) is 76.5 Å². The number of hydrogen-bond donors (Lipinski definition) is 4. The maximum absolute atomic E-state index is 12.3. The Bertz CT molecular complexity index is 2100. The van der Waals surface area contributed by atoms with Gasteiger partial charge in [-0.3, -0.25) is 9.59 Å². The molecule has 6 rings (SSSR count). The minimum Gasteiger partial charge on any atom is -0.361 e. The molecule has 0 saturated heterocycles. The second kappa shape index (κ2) is 17.6. The van der Waals surface area contributed by atoms with Crippen LogP contribution >= 0.6 is 0 Å². The monoisotopic (exact) mass is 767 g/mol. The SMILES string of the molecule is O=C1C=CC=C/C1=C/Nc1ccc(S(=O)(=O)Nc2ncccn2)cc1.O=C1C=CC=C/C1=C/Nc1ccc(S(=O)(=O)Nc2ncccn2)cc1.[Co]. The molecule has 1 radical (unpaired) electrons. The Morgan fingerprint density at radius 3 is 1.16 bits per heavy atom. The van der Waals surface area contributed by atoms with Gasteiger partial charge in [-0.2, -0.15) is 0 Å². The van der Waals surface area contributed by atoms with Crippen molar-refractivity contribution in [3.63, 3.8) is 0 Å². The van der Waals surface area contributed by atoms with Gasteiger partial charge >= 0.3 is 0 Å². The van der Waals surface area contributed by atoms with E-state index in [0.29, 0.717) is 22.5 Å². The van der Waals surface area contributed by atoms with Crippen LogP contribution in [0.5, 0.6) is 0 Å². The number of benzene rings is 2. The number of aromatic nitrogens is 4. The molecule has 51 heavy (non-hydrogen) atoms. The fourth-order valence-corrected chi connectivity index (χ4v) is 5.96. The van der Waals surface area contributed by atoms with E-state index in [-0.39, 0.29) is 50.0 Å². The van der Waals surface area contributed by atoms with Crippen molar-refractivity contribution < 1.29 is 43.2 Å². The molecule has 4 N–H and O–H groups in total. The molecule has 14 nitrogen and oxygen atoms in total. The smallest absolute Gasteiger partial charge is 0.264 e. The van der Waals surface area contributed by atoms with Gasteiger partial charge in [0.05, 0.1) is 9.79 Å². The van der Waals surface area contributed by atoms with E-state index in [2.05, 4.69) is 40.0 Å². The maximum Gasteiger partial charge on any atom is 0.264 e. The van der Waals surface area contributed by atoms with Crippen LogP contribution in [0.15, 0.2) is 167 Å². The van der Waals surface area contributed by atoms with Crippen molar-refractivity contribution in [3.05, 3.63) is 158 Å². The van der Waals surface area contributed by atoms with Gasteiger partial charge in [0.15, 0.2) is 11.6 Å². The van der Waals surface area contributed by atoms with E-state index in [1.807, 2.05) is 0 Å². The third kappa shape index (κ3) is 11.0. The van der Waals surface area contributed by atoms with Crippen LogP contribution in [-0.4, -0.2) is 48.3 Å². The van der Waals surface area contributed by atoms with Crippen LogP contribution in [0.1, 0.15) is 0 Å². The molecule has 0 aliphatic heterocycles. The van der Waals surface area contributed by atoms with Gasteiger partial charge in [0.2, 0.25) is 11.9 Å². The van der Waals surface area contributed by atoms with Gasteiger partial charge in [-0.15, -0.1) is 0 Å². The first kappa shape index (κ1) is 37.8. The normalized spacial score (nSPS) is 15.1. The molecule has 0 amide bonds. The molecule has 0 bridgehead atoms. The third-order valence-corrected chi connectivity index (χ3v) is 9.23. The molecule has 0 saturated carbocycles. The van der Waals surface area contributed by atoms with E-state index in [4.69, 9.17) is 0 Å². The van der Waals surface area contributed by atoms with Crippen molar-refractivity contribution in [2.75, 3.05) is 20.1 Å². The zero-order valence-electron chi connectivity index (χ0n) is 26.2. The number of sulfonamides is 2. The second-order valence-electron chi connectivity index (χ2n) is 10.1. The molecule has 4 aromatic rings. The molecule has 0 fully saturated rings. The largest absolute Gasteiger partial charge is 0.361 e. The Hall–Kier alpha value is -6.01. The molecule has 261 valence electrons. The molecule has 0 atom stereocenters. The second-order valence-corrected chi connectivity index (χ2v) is 13.4. The van der Waals surface area contributed by atoms with Crippen molar-refractivity contribution in [2.24, 2.45) is 0 Å². The number of nitrogens with zero attached hydrogens (tertiary/aromatic N) is 4. The molecular formula is C34H28CoN8O6S2. The van der Waals surface area contributed by atoms with E-state index >= 15 is 0 Å². The molecule has 17 heteroatoms. The van der Waals surface area contributed by atoms with Gasteiger partial charge in [0.25, 0.3) is 20.0 Å². The quantitative estimate of drug-likeness (QED) is 0.165. The zero-order valence-corrected chi connectivity index (χ0v) is 28.9. The average Bonchev–Trinajstić information content (AvgIpc) is 3.12. The summed E-state index contributed by atoms with van der Waals surface area (Å²) < 4.78 is 53.7. The van der Waals surface area contributed by atoms with Gasteiger partial charge in [-0.25, -0.2) is 46.2 Å². The average molecular weight is 768 g/mol. The van der Waals surface area contributed by atoms with E-state index in [0.717, 1.165) is 0 Å². The predicted octanol–water partition coefficient (Wildman–Crippen LogP) is 4.53. The first-order valence-electron chi connectivity index (χ1n) is 14.6. The van der Waals surface area contributed by atoms with Gasteiger partial charge in [0.1, 0.15) is 0 Å². The van der Waals surface area contributed by atoms with E-state index in [9.17, 15) is 26.4 Å². The van der Waals surface area contributed by atoms with Crippen LogP contribution in [-0.2, 0) is 46.4 Å². The Morgan fingerprint density at radius 2 is 0.824 bits per heavy atom. The van der Waals surface area contributed by atoms with Gasteiger partial charge < -0.3 is 10.6 Å². The van der Waals surface area contributed by atoms with Gasteiger partial charge in [-0.05, 0) is 85.0 Å². The number of anilines is 4. The molecule has 2 aliphatic rings. The summed E-state index contributed by atoms with van der Waals surface area (Å²) in [7, 11) is -7.53. The Labute approximate surface area is 304 Å². The topological polar surface area (TPSA) is 202 Å². The van der Waals surface area contributed by atoms with Crippen molar-refractivity contribution in [3.8, 4) is 0 Å². The summed E-state index contributed by atoms with van der Waals surface area (Å²) in [5.41, 5.74) is 2.33. The minimum atomic E-state index is -3.77. The van der Waals surface area contributed by atoms with Crippen LogP contribution in [0.2, 0.25) is 0 Å². The molecular weight excluding hydrogens is 739 g/mol. The first-order valence-corrected chi connectivity index (χ1v) is 17.6. The molecule has 2 aromatic carbocycles. The third-order valence-electron chi connectivity index (χ3n) is 6.54. The number of allylic oxidation sites excluding steroid dienone is 10. The van der Waals surface area contributed by atoms with Crippen LogP contribution < -0.4 is 20.1 Å². The fourth-order valence-electron chi connectivity index (χ4n) is 4.04. The summed E-state index contributed by atoms with van der Waals surface area (Å²) in [6, 6.07) is 15.4. The van der Waals surface area contributed by atoms with E-state index in [1.165, 1.54) is 61.2 Å². The summed E-state index contributed by atoms with van der Waals surface area (Å²) in [4.78, 5) is 38.7.